The van der Waals surface area contributed by atoms with E-state index in [2.05, 4.69) is 15.0 Å². The van der Waals surface area contributed by atoms with Gasteiger partial charge >= 0.3 is 6.18 Å². The van der Waals surface area contributed by atoms with Gasteiger partial charge < -0.3 is 14.6 Å². The van der Waals surface area contributed by atoms with Gasteiger partial charge in [-0.05, 0) is 6.92 Å². The Kier molecular flexibility index (Phi) is 5.81. The summed E-state index contributed by atoms with van der Waals surface area (Å²) in [6.07, 6.45) is -2.54. The van der Waals surface area contributed by atoms with Crippen LogP contribution in [0.4, 0.5) is 13.2 Å². The van der Waals surface area contributed by atoms with Crippen molar-refractivity contribution in [3.63, 3.8) is 0 Å². The van der Waals surface area contributed by atoms with Crippen molar-refractivity contribution >= 4 is 0 Å². The molecule has 0 fully saturated rings. The number of nitrogens with one attached hydrogen (secondary N) is 1. The largest absolute Gasteiger partial charge is 0.411 e. The third-order valence-corrected chi connectivity index (χ3v) is 2.55. The Bertz CT molecular complexity index is 388. The van der Waals surface area contributed by atoms with E-state index in [1.807, 2.05) is 25.3 Å². The molecule has 4 nitrogen and oxygen atoms in total. The molecule has 110 valence electrons. The number of aromatic nitrogens is 2. The molecule has 0 saturated carbocycles. The molecule has 0 unspecified atom stereocenters. The maximum Gasteiger partial charge on any atom is 0.411 e. The molecule has 0 aliphatic rings. The fourth-order valence-corrected chi connectivity index (χ4v) is 1.61. The Morgan fingerprint density at radius 2 is 2.11 bits per heavy atom. The molecule has 0 amide bonds. The summed E-state index contributed by atoms with van der Waals surface area (Å²) < 4.78 is 42.3. The molecule has 0 spiro atoms. The van der Waals surface area contributed by atoms with Gasteiger partial charge in [-0.15, -0.1) is 0 Å². The Morgan fingerprint density at radius 3 is 2.68 bits per heavy atom. The van der Waals surface area contributed by atoms with E-state index in [4.69, 9.17) is 0 Å². The number of aryl methyl sites for hydroxylation is 1. The first-order valence-electron chi connectivity index (χ1n) is 6.18. The van der Waals surface area contributed by atoms with Crippen molar-refractivity contribution in [3.8, 4) is 0 Å². The molecule has 1 aromatic rings. The predicted molar refractivity (Wildman–Crippen MR) is 65.8 cm³/mol. The summed E-state index contributed by atoms with van der Waals surface area (Å²) >= 11 is 0. The SMILES string of the molecule is Cc1ncc(CNC(C)C)n1CCOCC(F)(F)F. The summed E-state index contributed by atoms with van der Waals surface area (Å²) in [5.74, 6) is 0.774. The highest BCUT2D eigenvalue weighted by atomic mass is 19.4. The summed E-state index contributed by atoms with van der Waals surface area (Å²) in [5, 5.41) is 3.25. The number of halogens is 3. The molecule has 1 heterocycles. The average Bonchev–Trinajstić information content (AvgIpc) is 2.62. The molecule has 0 aliphatic heterocycles. The summed E-state index contributed by atoms with van der Waals surface area (Å²) in [6.45, 7) is 5.70. The van der Waals surface area contributed by atoms with Crippen LogP contribution < -0.4 is 5.32 Å². The smallest absolute Gasteiger partial charge is 0.370 e. The highest BCUT2D eigenvalue weighted by Crippen LogP contribution is 2.14. The summed E-state index contributed by atoms with van der Waals surface area (Å²) in [6, 6.07) is 0.338. The first-order chi connectivity index (χ1) is 8.79. The Morgan fingerprint density at radius 1 is 1.42 bits per heavy atom. The van der Waals surface area contributed by atoms with Gasteiger partial charge in [0.2, 0.25) is 0 Å². The third kappa shape index (κ3) is 6.07. The molecule has 0 aromatic carbocycles. The van der Waals surface area contributed by atoms with Crippen molar-refractivity contribution in [2.24, 2.45) is 0 Å². The maximum absolute atomic E-state index is 11.9. The lowest BCUT2D eigenvalue weighted by molar-refractivity contribution is -0.174. The van der Waals surface area contributed by atoms with E-state index in [0.717, 1.165) is 11.5 Å². The maximum atomic E-state index is 11.9. The van der Waals surface area contributed by atoms with Crippen molar-refractivity contribution in [2.45, 2.75) is 46.1 Å². The van der Waals surface area contributed by atoms with E-state index < -0.39 is 12.8 Å². The number of hydrogen-bond acceptors (Lipinski definition) is 3. The predicted octanol–water partition coefficient (Wildman–Crippen LogP) is 2.27. The second-order valence-corrected chi connectivity index (χ2v) is 4.65. The van der Waals surface area contributed by atoms with Crippen LogP contribution in [0, 0.1) is 6.92 Å². The van der Waals surface area contributed by atoms with Crippen LogP contribution in [0.1, 0.15) is 25.4 Å². The van der Waals surface area contributed by atoms with Gasteiger partial charge in [0, 0.05) is 25.3 Å². The second-order valence-electron chi connectivity index (χ2n) is 4.65. The Balaban J connectivity index is 2.46. The van der Waals surface area contributed by atoms with Crippen molar-refractivity contribution in [3.05, 3.63) is 17.7 Å². The van der Waals surface area contributed by atoms with E-state index in [0.29, 0.717) is 19.1 Å². The fourth-order valence-electron chi connectivity index (χ4n) is 1.61. The number of alkyl halides is 3. The van der Waals surface area contributed by atoms with Gasteiger partial charge in [0.1, 0.15) is 12.4 Å². The lowest BCUT2D eigenvalue weighted by Crippen LogP contribution is -2.24. The van der Waals surface area contributed by atoms with Crippen LogP contribution in [0.2, 0.25) is 0 Å². The molecule has 0 bridgehead atoms. The minimum absolute atomic E-state index is 0.0192. The van der Waals surface area contributed by atoms with Gasteiger partial charge in [-0.2, -0.15) is 13.2 Å². The first-order valence-corrected chi connectivity index (χ1v) is 6.18. The molecule has 1 aromatic heterocycles. The average molecular weight is 279 g/mol. The summed E-state index contributed by atoms with van der Waals surface area (Å²) in [4.78, 5) is 4.17. The lowest BCUT2D eigenvalue weighted by Gasteiger charge is -2.13. The zero-order valence-electron chi connectivity index (χ0n) is 11.4. The third-order valence-electron chi connectivity index (χ3n) is 2.55. The van der Waals surface area contributed by atoms with E-state index in [1.165, 1.54) is 0 Å². The first kappa shape index (κ1) is 16.0. The second kappa shape index (κ2) is 6.91. The highest BCUT2D eigenvalue weighted by molar-refractivity contribution is 5.04. The van der Waals surface area contributed by atoms with Gasteiger partial charge in [-0.1, -0.05) is 13.8 Å². The van der Waals surface area contributed by atoms with Crippen molar-refractivity contribution < 1.29 is 17.9 Å². The molecule has 1 rings (SSSR count). The Hall–Kier alpha value is -1.08. The van der Waals surface area contributed by atoms with Crippen LogP contribution >= 0.6 is 0 Å². The van der Waals surface area contributed by atoms with Crippen LogP contribution in [0.15, 0.2) is 6.20 Å². The molecule has 0 atom stereocenters. The van der Waals surface area contributed by atoms with E-state index in [1.54, 1.807) is 6.20 Å². The molecule has 0 aliphatic carbocycles. The normalized spacial score (nSPS) is 12.4. The van der Waals surface area contributed by atoms with Crippen LogP contribution in [-0.4, -0.2) is 35.0 Å². The lowest BCUT2D eigenvalue weighted by atomic mass is 10.3. The van der Waals surface area contributed by atoms with Crippen LogP contribution in [0.5, 0.6) is 0 Å². The van der Waals surface area contributed by atoms with Gasteiger partial charge in [-0.3, -0.25) is 0 Å². The monoisotopic (exact) mass is 279 g/mol. The van der Waals surface area contributed by atoms with Gasteiger partial charge in [0.25, 0.3) is 0 Å². The Labute approximate surface area is 111 Å². The van der Waals surface area contributed by atoms with Gasteiger partial charge in [-0.25, -0.2) is 4.98 Å². The van der Waals surface area contributed by atoms with E-state index in [-0.39, 0.29) is 6.61 Å². The molecule has 0 radical (unpaired) electrons. The minimum atomic E-state index is -4.27. The van der Waals surface area contributed by atoms with Crippen molar-refractivity contribution in [2.75, 3.05) is 13.2 Å². The number of ether oxygens (including phenoxy) is 1. The van der Waals surface area contributed by atoms with Crippen LogP contribution in [0.3, 0.4) is 0 Å². The number of hydrogen-bond donors (Lipinski definition) is 1. The molecular weight excluding hydrogens is 259 g/mol. The van der Waals surface area contributed by atoms with Crippen molar-refractivity contribution in [1.29, 1.82) is 0 Å². The van der Waals surface area contributed by atoms with Gasteiger partial charge in [0.05, 0.1) is 12.3 Å². The number of imidazole rings is 1. The molecule has 1 N–H and O–H groups in total. The topological polar surface area (TPSA) is 39.1 Å². The molecule has 7 heteroatoms. The van der Waals surface area contributed by atoms with Gasteiger partial charge in [0.15, 0.2) is 0 Å². The summed E-state index contributed by atoms with van der Waals surface area (Å²) in [5.41, 5.74) is 0.946. The van der Waals surface area contributed by atoms with Crippen LogP contribution in [-0.2, 0) is 17.8 Å². The number of rotatable bonds is 7. The van der Waals surface area contributed by atoms with Crippen LogP contribution in [0.25, 0.3) is 0 Å². The van der Waals surface area contributed by atoms with E-state index in [9.17, 15) is 13.2 Å². The quantitative estimate of drug-likeness (QED) is 0.778. The number of nitrogens with zero attached hydrogens (tertiary/aromatic N) is 2. The standard InChI is InChI=1S/C12H20F3N3O/c1-9(2)16-6-11-7-17-10(3)18(11)4-5-19-8-12(13,14)15/h7,9,16H,4-6,8H2,1-3H3. The molecular formula is C12H20F3N3O. The highest BCUT2D eigenvalue weighted by Gasteiger charge is 2.27. The van der Waals surface area contributed by atoms with E-state index >= 15 is 0 Å². The van der Waals surface area contributed by atoms with Crippen molar-refractivity contribution in [1.82, 2.24) is 14.9 Å². The molecule has 0 saturated heterocycles. The molecule has 19 heavy (non-hydrogen) atoms. The minimum Gasteiger partial charge on any atom is -0.370 e. The fraction of sp³-hybridized carbons (Fsp3) is 0.750. The summed E-state index contributed by atoms with van der Waals surface area (Å²) in [7, 11) is 0. The zero-order valence-corrected chi connectivity index (χ0v) is 11.4. The zero-order chi connectivity index (χ0) is 14.5.